The Kier molecular flexibility index (Phi) is 7.32. The minimum atomic E-state index is -1.04. The van der Waals surface area contributed by atoms with Crippen LogP contribution in [-0.4, -0.2) is 51.0 Å². The largest absolute Gasteiger partial charge is 0.480 e. The summed E-state index contributed by atoms with van der Waals surface area (Å²) in [4.78, 5) is 52.4. The number of carbonyl (C=O) groups is 4. The molecule has 3 heterocycles. The maximum absolute atomic E-state index is 13.5. The number of piperidine rings is 1. The fourth-order valence-corrected chi connectivity index (χ4v) is 5.63. The molecule has 3 rings (SSSR count). The minimum absolute atomic E-state index is 0.124. The van der Waals surface area contributed by atoms with Gasteiger partial charge in [0.15, 0.2) is 0 Å². The lowest BCUT2D eigenvalue weighted by Gasteiger charge is -2.40. The first-order valence-electron chi connectivity index (χ1n) is 10.6. The number of hydrogen-bond donors (Lipinski definition) is 4. The van der Waals surface area contributed by atoms with Crippen LogP contribution in [0.4, 0.5) is 0 Å². The molecule has 0 bridgehead atoms. The van der Waals surface area contributed by atoms with Crippen molar-refractivity contribution < 1.29 is 29.5 Å². The second-order valence-electron chi connectivity index (χ2n) is 8.68. The molecule has 170 valence electrons. The van der Waals surface area contributed by atoms with Crippen LogP contribution < -0.4 is 10.8 Å². The van der Waals surface area contributed by atoms with Gasteiger partial charge in [0.1, 0.15) is 12.1 Å². The first-order chi connectivity index (χ1) is 14.7. The third-order valence-electron chi connectivity index (χ3n) is 5.99. The van der Waals surface area contributed by atoms with E-state index in [1.165, 1.54) is 16.2 Å². The average Bonchev–Trinajstić information content (AvgIpc) is 3.15. The highest BCUT2D eigenvalue weighted by Crippen LogP contribution is 2.41. The number of carbonyl (C=O) groups excluding carboxylic acids is 3. The second kappa shape index (κ2) is 9.78. The highest BCUT2D eigenvalue weighted by molar-refractivity contribution is 7.10. The zero-order valence-corrected chi connectivity index (χ0v) is 18.5. The molecule has 4 N–H and O–H groups in total. The van der Waals surface area contributed by atoms with Gasteiger partial charge in [-0.2, -0.15) is 0 Å². The van der Waals surface area contributed by atoms with Gasteiger partial charge in [-0.05, 0) is 48.6 Å². The molecule has 0 aliphatic carbocycles. The van der Waals surface area contributed by atoms with E-state index < -0.39 is 41.7 Å². The molecule has 1 fully saturated rings. The normalized spacial score (nSPS) is 24.1. The van der Waals surface area contributed by atoms with Crippen molar-refractivity contribution in [2.75, 3.05) is 0 Å². The summed E-state index contributed by atoms with van der Waals surface area (Å²) in [5.41, 5.74) is 2.51. The van der Waals surface area contributed by atoms with Crippen LogP contribution >= 0.6 is 11.3 Å². The molecule has 0 spiro atoms. The van der Waals surface area contributed by atoms with Gasteiger partial charge in [0.05, 0.1) is 6.04 Å². The van der Waals surface area contributed by atoms with Gasteiger partial charge in [0.2, 0.25) is 17.7 Å². The fraction of sp³-hybridized carbons (Fsp3) is 0.619. The maximum Gasteiger partial charge on any atom is 0.326 e. The van der Waals surface area contributed by atoms with Crippen molar-refractivity contribution in [3.8, 4) is 0 Å². The van der Waals surface area contributed by atoms with E-state index in [4.69, 9.17) is 5.21 Å². The number of amides is 3. The number of nitrogens with zero attached hydrogens (tertiary/aromatic N) is 1. The van der Waals surface area contributed by atoms with Crippen molar-refractivity contribution in [1.29, 1.82) is 0 Å². The molecule has 3 amide bonds. The number of hydroxylamine groups is 1. The van der Waals surface area contributed by atoms with Gasteiger partial charge in [-0.25, -0.2) is 10.3 Å². The van der Waals surface area contributed by atoms with E-state index in [2.05, 4.69) is 5.32 Å². The Labute approximate surface area is 184 Å². The summed E-state index contributed by atoms with van der Waals surface area (Å²) in [6.07, 6.45) is 2.28. The number of thiophene rings is 1. The Morgan fingerprint density at radius 2 is 2.03 bits per heavy atom. The van der Waals surface area contributed by atoms with Crippen molar-refractivity contribution in [3.63, 3.8) is 0 Å². The number of nitrogens with one attached hydrogen (secondary N) is 2. The van der Waals surface area contributed by atoms with Crippen LogP contribution in [0.3, 0.4) is 0 Å². The predicted octanol–water partition coefficient (Wildman–Crippen LogP) is 1.85. The van der Waals surface area contributed by atoms with Crippen LogP contribution in [0.2, 0.25) is 0 Å². The Balaban J connectivity index is 1.88. The van der Waals surface area contributed by atoms with Crippen molar-refractivity contribution in [2.24, 2.45) is 11.8 Å². The van der Waals surface area contributed by atoms with Gasteiger partial charge in [0.25, 0.3) is 0 Å². The molecule has 2 aliphatic heterocycles. The molecule has 2 unspecified atom stereocenters. The molecule has 0 aromatic carbocycles. The molecule has 10 heteroatoms. The van der Waals surface area contributed by atoms with E-state index in [9.17, 15) is 24.3 Å². The molecule has 31 heavy (non-hydrogen) atoms. The molecular weight excluding hydrogens is 422 g/mol. The summed E-state index contributed by atoms with van der Waals surface area (Å²) < 4.78 is 0. The van der Waals surface area contributed by atoms with E-state index in [1.54, 1.807) is 5.48 Å². The van der Waals surface area contributed by atoms with Gasteiger partial charge in [-0.3, -0.25) is 19.6 Å². The molecule has 0 saturated carbocycles. The Morgan fingerprint density at radius 1 is 1.29 bits per heavy atom. The maximum atomic E-state index is 13.5. The average molecular weight is 452 g/mol. The van der Waals surface area contributed by atoms with E-state index in [0.717, 1.165) is 10.4 Å². The Hall–Kier alpha value is -2.46. The predicted molar refractivity (Wildman–Crippen MR) is 112 cm³/mol. The smallest absolute Gasteiger partial charge is 0.326 e. The third-order valence-corrected chi connectivity index (χ3v) is 6.95. The molecular formula is C21H29N3O6S. The van der Waals surface area contributed by atoms with Crippen LogP contribution in [0, 0.1) is 11.8 Å². The van der Waals surface area contributed by atoms with Gasteiger partial charge >= 0.3 is 5.97 Å². The van der Waals surface area contributed by atoms with Crippen molar-refractivity contribution in [1.82, 2.24) is 15.7 Å². The van der Waals surface area contributed by atoms with Crippen LogP contribution in [0.15, 0.2) is 11.4 Å². The highest BCUT2D eigenvalue weighted by Gasteiger charge is 2.45. The summed E-state index contributed by atoms with van der Waals surface area (Å²) >= 11 is 1.50. The first kappa shape index (κ1) is 23.2. The SMILES string of the molecule is CC(C)CC(CC(=O)NO)C(=O)N[C@H]1Cc2sccc2C2CCC[C@@H](C(=O)O)N2C1=O. The second-order valence-corrected chi connectivity index (χ2v) is 9.68. The molecule has 2 aliphatic rings. The van der Waals surface area contributed by atoms with Crippen LogP contribution in [-0.2, 0) is 25.6 Å². The van der Waals surface area contributed by atoms with Crippen molar-refractivity contribution in [3.05, 3.63) is 21.9 Å². The summed E-state index contributed by atoms with van der Waals surface area (Å²) in [6.45, 7) is 3.84. The summed E-state index contributed by atoms with van der Waals surface area (Å²) in [6, 6.07) is -0.200. The van der Waals surface area contributed by atoms with E-state index in [-0.39, 0.29) is 24.8 Å². The van der Waals surface area contributed by atoms with Crippen LogP contribution in [0.5, 0.6) is 0 Å². The fourth-order valence-electron chi connectivity index (χ4n) is 4.64. The molecule has 1 aromatic heterocycles. The first-order valence-corrected chi connectivity index (χ1v) is 11.4. The number of carboxylic acid groups (broad SMARTS) is 1. The molecule has 4 atom stereocenters. The van der Waals surface area contributed by atoms with E-state index in [1.807, 2.05) is 25.3 Å². The molecule has 9 nitrogen and oxygen atoms in total. The summed E-state index contributed by atoms with van der Waals surface area (Å²) in [5.74, 6) is -3.15. The molecule has 1 aromatic rings. The zero-order chi connectivity index (χ0) is 22.7. The van der Waals surface area contributed by atoms with Gasteiger partial charge < -0.3 is 15.3 Å². The number of carboxylic acids is 1. The number of hydrogen-bond acceptors (Lipinski definition) is 6. The van der Waals surface area contributed by atoms with Crippen molar-refractivity contribution >= 4 is 35.0 Å². The molecule has 0 radical (unpaired) electrons. The lowest BCUT2D eigenvalue weighted by atomic mass is 9.91. The van der Waals surface area contributed by atoms with Gasteiger partial charge in [-0.15, -0.1) is 11.3 Å². The summed E-state index contributed by atoms with van der Waals surface area (Å²) in [7, 11) is 0. The number of rotatable bonds is 7. The van der Waals surface area contributed by atoms with E-state index >= 15 is 0 Å². The quantitative estimate of drug-likeness (QED) is 0.369. The van der Waals surface area contributed by atoms with Crippen molar-refractivity contribution in [2.45, 2.75) is 70.5 Å². The van der Waals surface area contributed by atoms with Crippen LogP contribution in [0.1, 0.15) is 62.4 Å². The van der Waals surface area contributed by atoms with Crippen LogP contribution in [0.25, 0.3) is 0 Å². The number of aliphatic carboxylic acids is 1. The van der Waals surface area contributed by atoms with Gasteiger partial charge in [0, 0.05) is 23.6 Å². The zero-order valence-electron chi connectivity index (χ0n) is 17.7. The number of fused-ring (bicyclic) bond motifs is 3. The van der Waals surface area contributed by atoms with Gasteiger partial charge in [-0.1, -0.05) is 13.8 Å². The monoisotopic (exact) mass is 451 g/mol. The molecule has 1 saturated heterocycles. The topological polar surface area (TPSA) is 136 Å². The third kappa shape index (κ3) is 5.07. The summed E-state index contributed by atoms with van der Waals surface area (Å²) in [5, 5.41) is 23.3. The van der Waals surface area contributed by atoms with E-state index in [0.29, 0.717) is 25.7 Å². The lowest BCUT2D eigenvalue weighted by Crippen LogP contribution is -2.56. The highest BCUT2D eigenvalue weighted by atomic mass is 32.1. The standard InChI is InChI=1S/C21H29N3O6S/c1-11(2)8-12(9-18(25)23-30)19(26)22-14-10-17-13(6-7-31-17)15-4-3-5-16(21(28)29)24(15)20(14)27/h6-7,11-12,14-16,30H,3-5,8-10H2,1-2H3,(H,22,26)(H,23,25)(H,28,29)/t12?,14-,15?,16-/m0/s1. The lowest BCUT2D eigenvalue weighted by molar-refractivity contribution is -0.156. The minimum Gasteiger partial charge on any atom is -0.480 e. The Morgan fingerprint density at radius 3 is 2.68 bits per heavy atom. The Bertz CT molecular complexity index is 854.